The van der Waals surface area contributed by atoms with E-state index in [0.717, 1.165) is 0 Å². The molecule has 0 aromatic carbocycles. The predicted octanol–water partition coefficient (Wildman–Crippen LogP) is 1.03. The summed E-state index contributed by atoms with van der Waals surface area (Å²) >= 11 is 0. The van der Waals surface area contributed by atoms with Crippen molar-refractivity contribution in [3.63, 3.8) is 0 Å². The smallest absolute Gasteiger partial charge is 0 e. The van der Waals surface area contributed by atoms with Gasteiger partial charge in [0.2, 0.25) is 0 Å². The summed E-state index contributed by atoms with van der Waals surface area (Å²) in [5.41, 5.74) is 0. The summed E-state index contributed by atoms with van der Waals surface area (Å²) in [6.45, 7) is 7.00. The average Bonchev–Trinajstić information content (AvgIpc) is 1.00. The van der Waals surface area contributed by atoms with Crippen molar-refractivity contribution in [3.8, 4) is 0 Å². The van der Waals surface area contributed by atoms with Crippen LogP contribution in [0.1, 0.15) is 0 Å². The maximum absolute atomic E-state index is 4.25. The van der Waals surface area contributed by atoms with Gasteiger partial charge in [0.1, 0.15) is 0 Å². The van der Waals surface area contributed by atoms with Crippen LogP contribution in [0.5, 0.6) is 0 Å². The van der Waals surface area contributed by atoms with Gasteiger partial charge in [-0.2, -0.15) is 0 Å². The van der Waals surface area contributed by atoms with Gasteiger partial charge in [0, 0.05) is 46.9 Å². The summed E-state index contributed by atoms with van der Waals surface area (Å²) in [5, 5.41) is 0. The first kappa shape index (κ1) is 17.7. The molecule has 0 spiro atoms. The van der Waals surface area contributed by atoms with E-state index in [-0.39, 0.29) is 59.3 Å². The largest absolute Gasteiger partial charge is 0.521 e. The first-order valence-electron chi connectivity index (χ1n) is 0.408. The van der Waals surface area contributed by atoms with E-state index in [4.69, 9.17) is 0 Å². The van der Waals surface area contributed by atoms with Crippen LogP contribution in [0.2, 0.25) is 0 Å². The van der Waals surface area contributed by atoms with E-state index in [1.807, 2.05) is 0 Å². The first-order chi connectivity index (χ1) is 1.00. The fraction of sp³-hybridized carbons (Fsp3) is 0. The predicted molar refractivity (Wildman–Crippen MR) is 17.2 cm³/mol. The average molecular weight is 237 g/mol. The number of hydrogen-bond acceptors (Lipinski definition) is 0. The quantitative estimate of drug-likeness (QED) is 0.551. The molecule has 0 aliphatic carbocycles. The van der Waals surface area contributed by atoms with Crippen molar-refractivity contribution in [2.75, 3.05) is 0 Å². The zero-order valence-corrected chi connectivity index (χ0v) is 4.49. The topological polar surface area (TPSA) is 0 Å². The Morgan fingerprint density at radius 1 is 1.25 bits per heavy atom. The number of rotatable bonds is 0. The van der Waals surface area contributed by atoms with Crippen LogP contribution in [-0.4, -0.2) is 0 Å². The second-order valence-corrected chi connectivity index (χ2v) is 0. The zero-order chi connectivity index (χ0) is 2.00. The Morgan fingerprint density at radius 3 is 1.25 bits per heavy atom. The maximum atomic E-state index is 4.25. The standard InChI is InChI=1S/C2H3.ClH.Yb/c1-2;;/h1H,2H2;1H;/q-1;;. The van der Waals surface area contributed by atoms with Crippen molar-refractivity contribution in [1.82, 2.24) is 0 Å². The van der Waals surface area contributed by atoms with Gasteiger partial charge in [-0.15, -0.1) is 12.4 Å². The molecule has 0 heterocycles. The maximum Gasteiger partial charge on any atom is 0 e. The third kappa shape index (κ3) is 9.61. The van der Waals surface area contributed by atoms with Gasteiger partial charge in [-0.3, -0.25) is 6.58 Å². The van der Waals surface area contributed by atoms with Gasteiger partial charge in [0.25, 0.3) is 0 Å². The molecular formula is C2H4ClYb-. The molecule has 0 saturated heterocycles. The minimum atomic E-state index is 0. The fourth-order valence-corrected chi connectivity index (χ4v) is 0. The van der Waals surface area contributed by atoms with Crippen LogP contribution in [-0.2, 0) is 0 Å². The van der Waals surface area contributed by atoms with Crippen molar-refractivity contribution in [2.24, 2.45) is 0 Å². The molecule has 0 aromatic rings. The summed E-state index contributed by atoms with van der Waals surface area (Å²) < 4.78 is 0. The van der Waals surface area contributed by atoms with Gasteiger partial charge in [-0.1, -0.05) is 0 Å². The Labute approximate surface area is 71.3 Å². The van der Waals surface area contributed by atoms with Gasteiger partial charge < -0.3 is 6.58 Å². The van der Waals surface area contributed by atoms with Crippen LogP contribution in [0, 0.1) is 53.5 Å². The van der Waals surface area contributed by atoms with E-state index in [0.29, 0.717) is 0 Å². The number of halogens is 1. The van der Waals surface area contributed by atoms with Crippen LogP contribution >= 0.6 is 12.4 Å². The van der Waals surface area contributed by atoms with E-state index in [9.17, 15) is 0 Å². The van der Waals surface area contributed by atoms with E-state index in [2.05, 4.69) is 13.2 Å². The van der Waals surface area contributed by atoms with E-state index in [1.165, 1.54) is 0 Å². The summed E-state index contributed by atoms with van der Waals surface area (Å²) in [5.74, 6) is 0. The Balaban J connectivity index is -0.00000000500. The molecule has 0 N–H and O–H groups in total. The van der Waals surface area contributed by atoms with Crippen molar-refractivity contribution in [3.05, 3.63) is 13.2 Å². The first-order valence-corrected chi connectivity index (χ1v) is 0.408. The molecule has 34 valence electrons. The van der Waals surface area contributed by atoms with E-state index >= 15 is 0 Å². The Hall–Kier alpha value is 1.55. The summed E-state index contributed by atoms with van der Waals surface area (Å²) in [6.07, 6.45) is 0. The second-order valence-electron chi connectivity index (χ2n) is 0. The van der Waals surface area contributed by atoms with Crippen molar-refractivity contribution >= 4 is 12.4 Å². The van der Waals surface area contributed by atoms with Crippen molar-refractivity contribution in [2.45, 2.75) is 0 Å². The third-order valence-electron chi connectivity index (χ3n) is 0. The normalized spacial score (nSPS) is 1.00. The molecule has 0 fully saturated rings. The van der Waals surface area contributed by atoms with Crippen LogP contribution < -0.4 is 0 Å². The Kier molecular flexibility index (Phi) is 105. The molecule has 0 radical (unpaired) electrons. The van der Waals surface area contributed by atoms with E-state index < -0.39 is 0 Å². The molecule has 0 bridgehead atoms. The SMILES string of the molecule is Cl.[CH-]=C.[Yb]. The molecule has 0 saturated carbocycles. The van der Waals surface area contributed by atoms with Crippen LogP contribution in [0.25, 0.3) is 0 Å². The molecule has 2 heteroatoms. The molecule has 0 rings (SSSR count). The molecule has 0 unspecified atom stereocenters. The van der Waals surface area contributed by atoms with Crippen molar-refractivity contribution in [1.29, 1.82) is 0 Å². The molecule has 0 atom stereocenters. The summed E-state index contributed by atoms with van der Waals surface area (Å²) in [7, 11) is 0. The minimum Gasteiger partial charge on any atom is -0.521 e. The van der Waals surface area contributed by atoms with Gasteiger partial charge >= 0.3 is 0 Å². The third-order valence-corrected chi connectivity index (χ3v) is 0. The molecular weight excluding hydrogens is 233 g/mol. The molecule has 0 aliphatic heterocycles. The molecule has 0 nitrogen and oxygen atoms in total. The second kappa shape index (κ2) is 23.9. The van der Waals surface area contributed by atoms with Gasteiger partial charge in [-0.25, -0.2) is 0 Å². The molecule has 0 amide bonds. The van der Waals surface area contributed by atoms with Gasteiger partial charge in [0.05, 0.1) is 0 Å². The van der Waals surface area contributed by atoms with E-state index in [1.54, 1.807) is 0 Å². The Morgan fingerprint density at radius 2 is 1.25 bits per heavy atom. The fourth-order valence-electron chi connectivity index (χ4n) is 0. The van der Waals surface area contributed by atoms with Gasteiger partial charge in [-0.05, 0) is 0 Å². The summed E-state index contributed by atoms with van der Waals surface area (Å²) in [6, 6.07) is 0. The van der Waals surface area contributed by atoms with Crippen LogP contribution in [0.3, 0.4) is 0 Å². The number of hydrogen-bond donors (Lipinski definition) is 0. The van der Waals surface area contributed by atoms with Crippen LogP contribution in [0.15, 0.2) is 6.58 Å². The van der Waals surface area contributed by atoms with Crippen LogP contribution in [0.4, 0.5) is 0 Å². The molecule has 0 aliphatic rings. The zero-order valence-electron chi connectivity index (χ0n) is 1.96. The summed E-state index contributed by atoms with van der Waals surface area (Å²) in [4.78, 5) is 0. The molecule has 0 aromatic heterocycles. The minimum absolute atomic E-state index is 0. The Bertz CT molecular complexity index is 6.00. The monoisotopic (exact) mass is 237 g/mol. The van der Waals surface area contributed by atoms with Crippen molar-refractivity contribution < 1.29 is 46.9 Å². The molecule has 4 heavy (non-hydrogen) atoms. The van der Waals surface area contributed by atoms with Gasteiger partial charge in [0.15, 0.2) is 0 Å².